The monoisotopic (exact) mass is 372 g/mol. The maximum absolute atomic E-state index is 12.6. The van der Waals surface area contributed by atoms with Crippen molar-refractivity contribution >= 4 is 11.9 Å². The molecule has 1 saturated carbocycles. The highest BCUT2D eigenvalue weighted by atomic mass is 16.5. The molecule has 6 nitrogen and oxygen atoms in total. The number of amides is 1. The predicted molar refractivity (Wildman–Crippen MR) is 108 cm³/mol. The summed E-state index contributed by atoms with van der Waals surface area (Å²) in [5.74, 6) is 2.28. The zero-order chi connectivity index (χ0) is 19.1. The van der Waals surface area contributed by atoms with Gasteiger partial charge in [0.05, 0.1) is 6.61 Å². The van der Waals surface area contributed by atoms with E-state index < -0.39 is 0 Å². The number of nitrogens with zero attached hydrogens (tertiary/aromatic N) is 2. The van der Waals surface area contributed by atoms with Gasteiger partial charge in [0.15, 0.2) is 5.96 Å². The molecule has 2 fully saturated rings. The molecule has 1 aliphatic carbocycles. The third-order valence-corrected chi connectivity index (χ3v) is 5.44. The van der Waals surface area contributed by atoms with Crippen LogP contribution in [-0.2, 0) is 11.3 Å². The first-order valence-corrected chi connectivity index (χ1v) is 10.2. The summed E-state index contributed by atoms with van der Waals surface area (Å²) in [6, 6.07) is 8.34. The number of likely N-dealkylation sites (tertiary alicyclic amines) is 1. The summed E-state index contributed by atoms with van der Waals surface area (Å²) in [7, 11) is 1.78. The molecule has 6 heteroatoms. The van der Waals surface area contributed by atoms with Crippen LogP contribution >= 0.6 is 0 Å². The standard InChI is InChI=1S/C21H32N4O2/c1-3-27-19-10-6-7-16(13-19)14-23-21(22-2)24-18-11-12-25(15-18)20(26)17-8-4-5-9-17/h6-7,10,13,17-18H,3-5,8-9,11-12,14-15H2,1-2H3,(H2,22,23,24). The molecule has 3 rings (SSSR count). The van der Waals surface area contributed by atoms with E-state index in [0.29, 0.717) is 19.1 Å². The normalized spacial score (nSPS) is 20.7. The molecule has 1 saturated heterocycles. The Morgan fingerprint density at radius 1 is 1.30 bits per heavy atom. The first-order chi connectivity index (χ1) is 13.2. The van der Waals surface area contributed by atoms with E-state index in [9.17, 15) is 4.79 Å². The van der Waals surface area contributed by atoms with Crippen molar-refractivity contribution in [2.45, 2.75) is 51.6 Å². The number of nitrogens with one attached hydrogen (secondary N) is 2. The Kier molecular flexibility index (Phi) is 6.96. The lowest BCUT2D eigenvalue weighted by Gasteiger charge is -2.21. The second kappa shape index (κ2) is 9.62. The smallest absolute Gasteiger partial charge is 0.225 e. The van der Waals surface area contributed by atoms with Gasteiger partial charge in [-0.2, -0.15) is 0 Å². The largest absolute Gasteiger partial charge is 0.494 e. The van der Waals surface area contributed by atoms with Gasteiger partial charge in [-0.05, 0) is 43.9 Å². The molecule has 2 aliphatic rings. The van der Waals surface area contributed by atoms with Gasteiger partial charge in [-0.15, -0.1) is 0 Å². The summed E-state index contributed by atoms with van der Waals surface area (Å²) in [6.07, 6.45) is 5.51. The van der Waals surface area contributed by atoms with E-state index in [-0.39, 0.29) is 12.0 Å². The lowest BCUT2D eigenvalue weighted by atomic mass is 10.1. The topological polar surface area (TPSA) is 66.0 Å². The van der Waals surface area contributed by atoms with Crippen molar-refractivity contribution in [1.82, 2.24) is 15.5 Å². The second-order valence-electron chi connectivity index (χ2n) is 7.40. The van der Waals surface area contributed by atoms with Gasteiger partial charge in [0, 0.05) is 38.6 Å². The van der Waals surface area contributed by atoms with E-state index in [1.54, 1.807) is 7.05 Å². The van der Waals surface area contributed by atoms with Crippen LogP contribution in [0.15, 0.2) is 29.3 Å². The van der Waals surface area contributed by atoms with Crippen LogP contribution in [0.2, 0.25) is 0 Å². The van der Waals surface area contributed by atoms with Crippen molar-refractivity contribution in [3.8, 4) is 5.75 Å². The molecule has 1 aromatic carbocycles. The summed E-state index contributed by atoms with van der Waals surface area (Å²) < 4.78 is 5.55. The van der Waals surface area contributed by atoms with Crippen molar-refractivity contribution in [2.75, 3.05) is 26.7 Å². The zero-order valence-electron chi connectivity index (χ0n) is 16.5. The number of carbonyl (C=O) groups is 1. The maximum atomic E-state index is 12.6. The number of benzene rings is 1. The van der Waals surface area contributed by atoms with Crippen LogP contribution in [0.5, 0.6) is 5.75 Å². The van der Waals surface area contributed by atoms with Crippen molar-refractivity contribution < 1.29 is 9.53 Å². The average Bonchev–Trinajstić information content (AvgIpc) is 3.37. The number of guanidine groups is 1. The first kappa shape index (κ1) is 19.5. The molecule has 1 aliphatic heterocycles. The minimum absolute atomic E-state index is 0.260. The van der Waals surface area contributed by atoms with Gasteiger partial charge in [0.25, 0.3) is 0 Å². The summed E-state index contributed by atoms with van der Waals surface area (Å²) in [5.41, 5.74) is 1.15. The number of hydrogen-bond donors (Lipinski definition) is 2. The highest BCUT2D eigenvalue weighted by molar-refractivity contribution is 5.81. The Labute approximate surface area is 162 Å². The SMILES string of the molecule is CCOc1cccc(CNC(=NC)NC2CCN(C(=O)C3CCCC3)C2)c1. The highest BCUT2D eigenvalue weighted by Gasteiger charge is 2.32. The van der Waals surface area contributed by atoms with Crippen LogP contribution in [0.3, 0.4) is 0 Å². The van der Waals surface area contributed by atoms with E-state index in [1.165, 1.54) is 12.8 Å². The van der Waals surface area contributed by atoms with Crippen LogP contribution in [0.4, 0.5) is 0 Å². The van der Waals surface area contributed by atoms with Crippen LogP contribution in [-0.4, -0.2) is 49.6 Å². The fourth-order valence-electron chi connectivity index (χ4n) is 3.99. The third kappa shape index (κ3) is 5.37. The molecule has 0 bridgehead atoms. The van der Waals surface area contributed by atoms with Gasteiger partial charge >= 0.3 is 0 Å². The lowest BCUT2D eigenvalue weighted by Crippen LogP contribution is -2.45. The third-order valence-electron chi connectivity index (χ3n) is 5.44. The minimum atomic E-state index is 0.260. The molecule has 148 valence electrons. The molecular weight excluding hydrogens is 340 g/mol. The minimum Gasteiger partial charge on any atom is -0.494 e. The number of ether oxygens (including phenoxy) is 1. The number of hydrogen-bond acceptors (Lipinski definition) is 3. The first-order valence-electron chi connectivity index (χ1n) is 10.2. The summed E-state index contributed by atoms with van der Waals surface area (Å²) >= 11 is 0. The molecule has 0 radical (unpaired) electrons. The zero-order valence-corrected chi connectivity index (χ0v) is 16.5. The molecule has 1 heterocycles. The van der Waals surface area contributed by atoms with Crippen molar-refractivity contribution in [1.29, 1.82) is 0 Å². The molecular formula is C21H32N4O2. The van der Waals surface area contributed by atoms with E-state index in [2.05, 4.69) is 21.7 Å². The van der Waals surface area contributed by atoms with Crippen molar-refractivity contribution in [3.63, 3.8) is 0 Å². The summed E-state index contributed by atoms with van der Waals surface area (Å²) in [5, 5.41) is 6.83. The molecule has 0 spiro atoms. The fraction of sp³-hybridized carbons (Fsp3) is 0.619. The van der Waals surface area contributed by atoms with Gasteiger partial charge in [0.1, 0.15) is 5.75 Å². The lowest BCUT2D eigenvalue weighted by molar-refractivity contribution is -0.134. The molecule has 1 atom stereocenters. The van der Waals surface area contributed by atoms with Crippen LogP contribution in [0.1, 0.15) is 44.6 Å². The maximum Gasteiger partial charge on any atom is 0.225 e. The Morgan fingerprint density at radius 2 is 2.11 bits per heavy atom. The number of aliphatic imine (C=N–C) groups is 1. The van der Waals surface area contributed by atoms with Gasteiger partial charge in [0.2, 0.25) is 5.91 Å². The Morgan fingerprint density at radius 3 is 2.85 bits per heavy atom. The summed E-state index contributed by atoms with van der Waals surface area (Å²) in [4.78, 5) is 19.0. The van der Waals surface area contributed by atoms with Gasteiger partial charge in [-0.1, -0.05) is 25.0 Å². The van der Waals surface area contributed by atoms with E-state index in [4.69, 9.17) is 4.74 Å². The van der Waals surface area contributed by atoms with Crippen LogP contribution < -0.4 is 15.4 Å². The Hall–Kier alpha value is -2.24. The molecule has 1 amide bonds. The Bertz CT molecular complexity index is 655. The van der Waals surface area contributed by atoms with E-state index >= 15 is 0 Å². The van der Waals surface area contributed by atoms with Crippen LogP contribution in [0.25, 0.3) is 0 Å². The predicted octanol–water partition coefficient (Wildman–Crippen LogP) is 2.54. The summed E-state index contributed by atoms with van der Waals surface area (Å²) in [6.45, 7) is 4.95. The quantitative estimate of drug-likeness (QED) is 0.595. The molecule has 27 heavy (non-hydrogen) atoms. The number of rotatable bonds is 6. The second-order valence-corrected chi connectivity index (χ2v) is 7.40. The van der Waals surface area contributed by atoms with Gasteiger partial charge < -0.3 is 20.3 Å². The molecule has 0 aromatic heterocycles. The molecule has 2 N–H and O–H groups in total. The van der Waals surface area contributed by atoms with Crippen LogP contribution in [0, 0.1) is 5.92 Å². The molecule has 1 unspecified atom stereocenters. The van der Waals surface area contributed by atoms with Crippen molar-refractivity contribution in [3.05, 3.63) is 29.8 Å². The number of carbonyl (C=O) groups excluding carboxylic acids is 1. The highest BCUT2D eigenvalue weighted by Crippen LogP contribution is 2.27. The van der Waals surface area contributed by atoms with Gasteiger partial charge in [-0.3, -0.25) is 9.79 Å². The van der Waals surface area contributed by atoms with Gasteiger partial charge in [-0.25, -0.2) is 0 Å². The van der Waals surface area contributed by atoms with E-state index in [1.807, 2.05) is 30.0 Å². The van der Waals surface area contributed by atoms with Crippen molar-refractivity contribution in [2.24, 2.45) is 10.9 Å². The van der Waals surface area contributed by atoms with E-state index in [0.717, 1.165) is 49.6 Å². The Balaban J connectivity index is 1.46. The average molecular weight is 373 g/mol. The molecule has 1 aromatic rings. The fourth-order valence-corrected chi connectivity index (χ4v) is 3.99.